The normalized spacial score (nSPS) is 17.4. The summed E-state index contributed by atoms with van der Waals surface area (Å²) < 4.78 is 22.5. The van der Waals surface area contributed by atoms with Gasteiger partial charge in [-0.15, -0.1) is 11.3 Å². The molecule has 0 radical (unpaired) electrons. The molecule has 100 valence electrons. The maximum Gasteiger partial charge on any atom is 0.407 e. The summed E-state index contributed by atoms with van der Waals surface area (Å²) in [6.45, 7) is 0. The molecule has 1 unspecified atom stereocenters. The van der Waals surface area contributed by atoms with Crippen LogP contribution in [0.15, 0.2) is 16.3 Å². The van der Waals surface area contributed by atoms with Crippen molar-refractivity contribution in [1.82, 2.24) is 4.90 Å². The first-order chi connectivity index (χ1) is 8.30. The van der Waals surface area contributed by atoms with Gasteiger partial charge in [0.15, 0.2) is 0 Å². The number of hydrogen-bond acceptors (Lipinski definition) is 4. The molecule has 2 rings (SSSR count). The lowest BCUT2D eigenvalue weighted by Crippen LogP contribution is -2.30. The van der Waals surface area contributed by atoms with Crippen molar-refractivity contribution in [1.29, 1.82) is 0 Å². The van der Waals surface area contributed by atoms with Crippen LogP contribution in [0.1, 0.15) is 23.8 Å². The molecule has 1 aromatic heterocycles. The highest BCUT2D eigenvalue weighted by Crippen LogP contribution is 2.46. The molecule has 1 aliphatic carbocycles. The van der Waals surface area contributed by atoms with Crippen molar-refractivity contribution < 1.29 is 18.3 Å². The van der Waals surface area contributed by atoms with Gasteiger partial charge in [0.2, 0.25) is 10.0 Å². The van der Waals surface area contributed by atoms with Crippen LogP contribution in [0.2, 0.25) is 0 Å². The average Bonchev–Trinajstić information content (AvgIpc) is 2.93. The fraction of sp³-hybridized carbons (Fsp3) is 0.500. The van der Waals surface area contributed by atoms with Crippen LogP contribution in [0.25, 0.3) is 0 Å². The lowest BCUT2D eigenvalue weighted by atomic mass is 10.1. The largest absolute Gasteiger partial charge is 0.465 e. The molecule has 0 saturated heterocycles. The van der Waals surface area contributed by atoms with E-state index in [2.05, 4.69) is 0 Å². The fourth-order valence-corrected chi connectivity index (χ4v) is 3.90. The maximum absolute atomic E-state index is 11.2. The molecule has 3 N–H and O–H groups in total. The van der Waals surface area contributed by atoms with Crippen LogP contribution in [-0.4, -0.2) is 31.6 Å². The minimum absolute atomic E-state index is 0.0712. The molecule has 18 heavy (non-hydrogen) atoms. The van der Waals surface area contributed by atoms with Crippen LogP contribution < -0.4 is 5.14 Å². The predicted octanol–water partition coefficient (Wildman–Crippen LogP) is 1.46. The minimum Gasteiger partial charge on any atom is -0.465 e. The Bertz CT molecular complexity index is 562. The van der Waals surface area contributed by atoms with Gasteiger partial charge in [-0.2, -0.15) is 0 Å². The molecule has 1 heterocycles. The van der Waals surface area contributed by atoms with Gasteiger partial charge in [-0.3, -0.25) is 0 Å². The predicted molar refractivity (Wildman–Crippen MR) is 66.9 cm³/mol. The number of sulfonamides is 1. The van der Waals surface area contributed by atoms with Crippen molar-refractivity contribution in [3.63, 3.8) is 0 Å². The van der Waals surface area contributed by atoms with E-state index < -0.39 is 16.1 Å². The van der Waals surface area contributed by atoms with Crippen molar-refractivity contribution >= 4 is 27.5 Å². The van der Waals surface area contributed by atoms with Gasteiger partial charge in [-0.05, 0) is 30.9 Å². The molecular weight excluding hydrogens is 276 g/mol. The van der Waals surface area contributed by atoms with E-state index in [4.69, 9.17) is 10.2 Å². The molecule has 0 spiro atoms. The van der Waals surface area contributed by atoms with E-state index in [1.54, 1.807) is 6.07 Å². The zero-order valence-corrected chi connectivity index (χ0v) is 11.4. The molecule has 1 fully saturated rings. The highest BCUT2D eigenvalue weighted by molar-refractivity contribution is 7.91. The second-order valence-electron chi connectivity index (χ2n) is 4.38. The van der Waals surface area contributed by atoms with Crippen LogP contribution in [0.5, 0.6) is 0 Å². The molecule has 0 bridgehead atoms. The van der Waals surface area contributed by atoms with E-state index in [1.165, 1.54) is 18.0 Å². The number of thiophene rings is 1. The van der Waals surface area contributed by atoms with Crippen molar-refractivity contribution in [3.05, 3.63) is 17.0 Å². The van der Waals surface area contributed by atoms with E-state index in [0.717, 1.165) is 29.1 Å². The summed E-state index contributed by atoms with van der Waals surface area (Å²) in [5.41, 5.74) is 0. The quantitative estimate of drug-likeness (QED) is 0.876. The van der Waals surface area contributed by atoms with Crippen LogP contribution in [0.4, 0.5) is 4.79 Å². The Hall–Kier alpha value is -1.12. The van der Waals surface area contributed by atoms with E-state index in [0.29, 0.717) is 0 Å². The summed E-state index contributed by atoms with van der Waals surface area (Å²) in [7, 11) is -2.21. The Morgan fingerprint density at radius 3 is 2.56 bits per heavy atom. The highest BCUT2D eigenvalue weighted by atomic mass is 32.2. The van der Waals surface area contributed by atoms with Crippen LogP contribution in [0, 0.1) is 5.92 Å². The van der Waals surface area contributed by atoms with Gasteiger partial charge in [0.05, 0.1) is 6.04 Å². The Morgan fingerprint density at radius 1 is 1.56 bits per heavy atom. The van der Waals surface area contributed by atoms with E-state index in [1.807, 2.05) is 0 Å². The molecule has 1 amide bonds. The van der Waals surface area contributed by atoms with Gasteiger partial charge in [-0.25, -0.2) is 18.4 Å². The zero-order valence-electron chi connectivity index (χ0n) is 9.74. The number of primary sulfonamides is 1. The minimum atomic E-state index is -3.71. The third-order valence-electron chi connectivity index (χ3n) is 2.96. The zero-order chi connectivity index (χ0) is 13.5. The van der Waals surface area contributed by atoms with Crippen LogP contribution in [0.3, 0.4) is 0 Å². The van der Waals surface area contributed by atoms with Gasteiger partial charge in [0.1, 0.15) is 4.21 Å². The van der Waals surface area contributed by atoms with Gasteiger partial charge in [0.25, 0.3) is 0 Å². The molecule has 0 aromatic carbocycles. The van der Waals surface area contributed by atoms with E-state index >= 15 is 0 Å². The molecule has 8 heteroatoms. The second kappa shape index (κ2) is 4.52. The molecule has 1 saturated carbocycles. The van der Waals surface area contributed by atoms with Gasteiger partial charge >= 0.3 is 6.09 Å². The average molecular weight is 290 g/mol. The molecule has 1 aliphatic rings. The third kappa shape index (κ3) is 2.65. The molecule has 0 aliphatic heterocycles. The monoisotopic (exact) mass is 290 g/mol. The fourth-order valence-electron chi connectivity index (χ4n) is 1.92. The summed E-state index contributed by atoms with van der Waals surface area (Å²) in [6, 6.07) is 2.80. The lowest BCUT2D eigenvalue weighted by Gasteiger charge is -2.24. The van der Waals surface area contributed by atoms with E-state index in [9.17, 15) is 13.2 Å². The number of nitrogens with two attached hydrogens (primary N) is 1. The van der Waals surface area contributed by atoms with Gasteiger partial charge in [-0.1, -0.05) is 0 Å². The first-order valence-electron chi connectivity index (χ1n) is 5.39. The van der Waals surface area contributed by atoms with Gasteiger partial charge in [0, 0.05) is 11.9 Å². The topological polar surface area (TPSA) is 101 Å². The second-order valence-corrected chi connectivity index (χ2v) is 7.28. The molecule has 6 nitrogen and oxygen atoms in total. The summed E-state index contributed by atoms with van der Waals surface area (Å²) >= 11 is 1.04. The number of carboxylic acid groups (broad SMARTS) is 1. The maximum atomic E-state index is 11.2. The Morgan fingerprint density at radius 2 is 2.17 bits per heavy atom. The van der Waals surface area contributed by atoms with Crippen LogP contribution in [-0.2, 0) is 10.0 Å². The van der Waals surface area contributed by atoms with E-state index in [-0.39, 0.29) is 16.2 Å². The Balaban J connectivity index is 2.32. The smallest absolute Gasteiger partial charge is 0.407 e. The summed E-state index contributed by atoms with van der Waals surface area (Å²) in [6.07, 6.45) is 0.910. The first kappa shape index (κ1) is 13.3. The SMILES string of the molecule is CN(C(=O)O)C(c1ccc(S(N)(=O)=O)s1)C1CC1. The molecule has 1 aromatic rings. The van der Waals surface area contributed by atoms with Crippen molar-refractivity contribution in [2.75, 3.05) is 7.05 Å². The summed E-state index contributed by atoms with van der Waals surface area (Å²) in [5, 5.41) is 14.1. The Kier molecular flexibility index (Phi) is 3.35. The Labute approximate surface area is 109 Å². The van der Waals surface area contributed by atoms with Crippen molar-refractivity contribution in [2.24, 2.45) is 11.1 Å². The third-order valence-corrected chi connectivity index (χ3v) is 5.56. The summed E-state index contributed by atoms with van der Waals surface area (Å²) in [5.74, 6) is 0.276. The molecule has 1 atom stereocenters. The summed E-state index contributed by atoms with van der Waals surface area (Å²) in [4.78, 5) is 13.0. The highest BCUT2D eigenvalue weighted by Gasteiger charge is 2.38. The van der Waals surface area contributed by atoms with Crippen LogP contribution >= 0.6 is 11.3 Å². The van der Waals surface area contributed by atoms with Crippen molar-refractivity contribution in [3.8, 4) is 0 Å². The number of amides is 1. The van der Waals surface area contributed by atoms with Crippen molar-refractivity contribution in [2.45, 2.75) is 23.1 Å². The van der Waals surface area contributed by atoms with Gasteiger partial charge < -0.3 is 10.0 Å². The molecular formula is C10H14N2O4S2. The first-order valence-corrected chi connectivity index (χ1v) is 7.75. The standard InChI is InChI=1S/C10H14N2O4S2/c1-12(10(13)14)9(6-2-3-6)7-4-5-8(17-7)18(11,15)16/h4-6,9H,2-3H2,1H3,(H,13,14)(H2,11,15,16). The number of rotatable bonds is 4. The number of carbonyl (C=O) groups is 1. The number of nitrogens with zero attached hydrogens (tertiary/aromatic N) is 1. The lowest BCUT2D eigenvalue weighted by molar-refractivity contribution is 0.133. The number of hydrogen-bond donors (Lipinski definition) is 2.